The van der Waals surface area contributed by atoms with Crippen molar-refractivity contribution in [1.82, 2.24) is 0 Å². The van der Waals surface area contributed by atoms with E-state index in [1.165, 1.54) is 6.07 Å². The van der Waals surface area contributed by atoms with Crippen LogP contribution in [0.3, 0.4) is 0 Å². The highest BCUT2D eigenvalue weighted by Crippen LogP contribution is 2.30. The number of nitrogens with one attached hydrogen (secondary N) is 2. The molecule has 6 nitrogen and oxygen atoms in total. The quantitative estimate of drug-likeness (QED) is 0.366. The standard InChI is InChI=1S/C20H17N3O3S/c1-26-17-12-10-16(11-13-17)22-20(27)21-15-8-6-14(7-9-15)18-4-2-3-5-19(18)23(24)25/h2-13H,1H3,(H2,21,22,27). The van der Waals surface area contributed by atoms with Crippen molar-refractivity contribution < 1.29 is 9.66 Å². The van der Waals surface area contributed by atoms with E-state index in [-0.39, 0.29) is 10.6 Å². The molecule has 0 fully saturated rings. The molecule has 0 amide bonds. The van der Waals surface area contributed by atoms with Crippen LogP contribution in [0.15, 0.2) is 72.8 Å². The zero-order valence-electron chi connectivity index (χ0n) is 14.5. The van der Waals surface area contributed by atoms with Gasteiger partial charge in [0.25, 0.3) is 5.69 Å². The lowest BCUT2D eigenvalue weighted by molar-refractivity contribution is -0.384. The fraction of sp³-hybridized carbons (Fsp3) is 0.0500. The van der Waals surface area contributed by atoms with Gasteiger partial charge in [0.15, 0.2) is 5.11 Å². The van der Waals surface area contributed by atoms with E-state index in [4.69, 9.17) is 17.0 Å². The van der Waals surface area contributed by atoms with E-state index in [0.29, 0.717) is 10.7 Å². The maximum absolute atomic E-state index is 11.2. The molecule has 0 saturated heterocycles. The Kier molecular flexibility index (Phi) is 5.63. The van der Waals surface area contributed by atoms with Gasteiger partial charge in [0.05, 0.1) is 17.6 Å². The highest BCUT2D eigenvalue weighted by Gasteiger charge is 2.13. The number of para-hydroxylation sites is 1. The average molecular weight is 379 g/mol. The molecular weight excluding hydrogens is 362 g/mol. The van der Waals surface area contributed by atoms with Crippen molar-refractivity contribution >= 4 is 34.4 Å². The largest absolute Gasteiger partial charge is 0.497 e. The topological polar surface area (TPSA) is 76.4 Å². The Labute approximate surface area is 162 Å². The second-order valence-electron chi connectivity index (χ2n) is 5.66. The van der Waals surface area contributed by atoms with E-state index >= 15 is 0 Å². The Hall–Kier alpha value is -3.45. The fourth-order valence-corrected chi connectivity index (χ4v) is 2.81. The number of hydrogen-bond acceptors (Lipinski definition) is 4. The van der Waals surface area contributed by atoms with Gasteiger partial charge >= 0.3 is 0 Å². The van der Waals surface area contributed by atoms with Crippen molar-refractivity contribution in [1.29, 1.82) is 0 Å². The lowest BCUT2D eigenvalue weighted by Gasteiger charge is -2.11. The minimum Gasteiger partial charge on any atom is -0.497 e. The number of methoxy groups -OCH3 is 1. The maximum atomic E-state index is 11.2. The predicted octanol–water partition coefficient (Wildman–Crippen LogP) is 5.08. The lowest BCUT2D eigenvalue weighted by Crippen LogP contribution is -2.18. The van der Waals surface area contributed by atoms with Crippen LogP contribution in [0.2, 0.25) is 0 Å². The highest BCUT2D eigenvalue weighted by atomic mass is 32.1. The van der Waals surface area contributed by atoms with Crippen LogP contribution >= 0.6 is 12.2 Å². The van der Waals surface area contributed by atoms with E-state index in [2.05, 4.69) is 10.6 Å². The lowest BCUT2D eigenvalue weighted by atomic mass is 10.0. The van der Waals surface area contributed by atoms with Gasteiger partial charge in [0.1, 0.15) is 5.75 Å². The van der Waals surface area contributed by atoms with Gasteiger partial charge < -0.3 is 15.4 Å². The molecule has 2 N–H and O–H groups in total. The average Bonchev–Trinajstić information content (AvgIpc) is 2.69. The van der Waals surface area contributed by atoms with Crippen LogP contribution in [0.4, 0.5) is 17.1 Å². The minimum absolute atomic E-state index is 0.0786. The smallest absolute Gasteiger partial charge is 0.277 e. The van der Waals surface area contributed by atoms with Gasteiger partial charge in [-0.1, -0.05) is 24.3 Å². The van der Waals surface area contributed by atoms with Crippen LogP contribution in [-0.2, 0) is 0 Å². The van der Waals surface area contributed by atoms with Gasteiger partial charge in [-0.05, 0) is 60.2 Å². The third-order valence-electron chi connectivity index (χ3n) is 3.90. The zero-order valence-corrected chi connectivity index (χ0v) is 15.3. The summed E-state index contributed by atoms with van der Waals surface area (Å²) in [7, 11) is 1.61. The molecule has 3 rings (SSSR count). The first-order chi connectivity index (χ1) is 13.1. The molecule has 136 valence electrons. The Morgan fingerprint density at radius 2 is 1.48 bits per heavy atom. The predicted molar refractivity (Wildman–Crippen MR) is 111 cm³/mol. The molecule has 0 spiro atoms. The molecule has 0 unspecified atom stereocenters. The number of anilines is 2. The molecule has 7 heteroatoms. The first-order valence-corrected chi connectivity index (χ1v) is 8.53. The fourth-order valence-electron chi connectivity index (χ4n) is 2.58. The molecular formula is C20H17N3O3S. The summed E-state index contributed by atoms with van der Waals surface area (Å²) in [6, 6.07) is 21.4. The van der Waals surface area contributed by atoms with Crippen LogP contribution < -0.4 is 15.4 Å². The van der Waals surface area contributed by atoms with E-state index < -0.39 is 0 Å². The molecule has 0 aliphatic rings. The molecule has 0 aliphatic carbocycles. The number of rotatable bonds is 5. The number of ether oxygens (including phenoxy) is 1. The van der Waals surface area contributed by atoms with Crippen molar-refractivity contribution in [3.63, 3.8) is 0 Å². The van der Waals surface area contributed by atoms with E-state index in [9.17, 15) is 10.1 Å². The Morgan fingerprint density at radius 3 is 2.04 bits per heavy atom. The van der Waals surface area contributed by atoms with Gasteiger partial charge in [0, 0.05) is 17.4 Å². The number of thiocarbonyl (C=S) groups is 1. The summed E-state index contributed by atoms with van der Waals surface area (Å²) in [5, 5.41) is 17.8. The molecule has 0 radical (unpaired) electrons. The third kappa shape index (κ3) is 4.59. The second-order valence-corrected chi connectivity index (χ2v) is 6.07. The summed E-state index contributed by atoms with van der Waals surface area (Å²) < 4.78 is 5.12. The van der Waals surface area contributed by atoms with Crippen molar-refractivity contribution in [2.24, 2.45) is 0 Å². The molecule has 0 aromatic heterocycles. The maximum Gasteiger partial charge on any atom is 0.277 e. The van der Waals surface area contributed by atoms with Gasteiger partial charge in [0.2, 0.25) is 0 Å². The number of benzene rings is 3. The minimum atomic E-state index is -0.380. The van der Waals surface area contributed by atoms with Crippen LogP contribution in [0, 0.1) is 10.1 Å². The number of hydrogen-bond donors (Lipinski definition) is 2. The van der Waals surface area contributed by atoms with Gasteiger partial charge in [-0.3, -0.25) is 10.1 Å². The van der Waals surface area contributed by atoms with Gasteiger partial charge in [-0.15, -0.1) is 0 Å². The van der Waals surface area contributed by atoms with Crippen LogP contribution in [0.25, 0.3) is 11.1 Å². The summed E-state index contributed by atoms with van der Waals surface area (Å²) in [5.74, 6) is 0.769. The van der Waals surface area contributed by atoms with E-state index in [1.54, 1.807) is 25.3 Å². The SMILES string of the molecule is COc1ccc(NC(=S)Nc2ccc(-c3ccccc3[N+](=O)[O-])cc2)cc1. The van der Waals surface area contributed by atoms with Gasteiger partial charge in [-0.2, -0.15) is 0 Å². The zero-order chi connectivity index (χ0) is 19.2. The van der Waals surface area contributed by atoms with Crippen molar-refractivity contribution in [2.75, 3.05) is 17.7 Å². The summed E-state index contributed by atoms with van der Waals surface area (Å²) in [4.78, 5) is 10.8. The van der Waals surface area contributed by atoms with Crippen molar-refractivity contribution in [3.05, 3.63) is 82.9 Å². The summed E-state index contributed by atoms with van der Waals surface area (Å²) in [5.41, 5.74) is 3.04. The first-order valence-electron chi connectivity index (χ1n) is 8.13. The monoisotopic (exact) mass is 379 g/mol. The summed E-state index contributed by atoms with van der Waals surface area (Å²) in [6.07, 6.45) is 0. The van der Waals surface area contributed by atoms with Crippen molar-refractivity contribution in [2.45, 2.75) is 0 Å². The molecule has 27 heavy (non-hydrogen) atoms. The van der Waals surface area contributed by atoms with Crippen LogP contribution in [-0.4, -0.2) is 17.1 Å². The van der Waals surface area contributed by atoms with Crippen LogP contribution in [0.1, 0.15) is 0 Å². The molecule has 0 saturated carbocycles. The molecule has 3 aromatic carbocycles. The Bertz CT molecular complexity index is 957. The third-order valence-corrected chi connectivity index (χ3v) is 4.11. The molecule has 0 heterocycles. The molecule has 3 aromatic rings. The normalized spacial score (nSPS) is 10.1. The van der Waals surface area contributed by atoms with Gasteiger partial charge in [-0.25, -0.2) is 0 Å². The number of nitro benzene ring substituents is 1. The number of nitrogens with zero attached hydrogens (tertiary/aromatic N) is 1. The highest BCUT2D eigenvalue weighted by molar-refractivity contribution is 7.80. The second kappa shape index (κ2) is 8.29. The summed E-state index contributed by atoms with van der Waals surface area (Å²) >= 11 is 5.32. The van der Waals surface area contributed by atoms with E-state index in [1.807, 2.05) is 48.5 Å². The summed E-state index contributed by atoms with van der Waals surface area (Å²) in [6.45, 7) is 0. The van der Waals surface area contributed by atoms with Crippen LogP contribution in [0.5, 0.6) is 5.75 Å². The van der Waals surface area contributed by atoms with E-state index in [0.717, 1.165) is 22.7 Å². The molecule has 0 bridgehead atoms. The number of nitro groups is 1. The Morgan fingerprint density at radius 1 is 0.926 bits per heavy atom. The Balaban J connectivity index is 1.68. The van der Waals surface area contributed by atoms with Crippen molar-refractivity contribution in [3.8, 4) is 16.9 Å². The molecule has 0 atom stereocenters. The molecule has 0 aliphatic heterocycles. The first kappa shape index (κ1) is 18.3.